The third kappa shape index (κ3) is 5.20. The molecule has 0 spiro atoms. The molecule has 0 unspecified atom stereocenters. The van der Waals surface area contributed by atoms with Crippen molar-refractivity contribution in [1.82, 2.24) is 14.7 Å². The molecule has 3 rings (SSSR count). The van der Waals surface area contributed by atoms with Gasteiger partial charge in [0.15, 0.2) is 11.6 Å². The second-order valence-corrected chi connectivity index (χ2v) is 7.89. The number of nitrogens with one attached hydrogen (secondary N) is 1. The molecule has 0 amide bonds. The molecule has 26 heavy (non-hydrogen) atoms. The number of rotatable bonds is 6. The average molecular weight is 381 g/mol. The summed E-state index contributed by atoms with van der Waals surface area (Å²) < 4.78 is 49.8. The van der Waals surface area contributed by atoms with E-state index in [1.807, 2.05) is 0 Å². The maximum Gasteiger partial charge on any atom is 0.209 e. The number of hydrogen-bond acceptors (Lipinski definition) is 6. The van der Waals surface area contributed by atoms with Gasteiger partial charge >= 0.3 is 0 Å². The zero-order valence-corrected chi connectivity index (χ0v) is 15.1. The highest BCUT2D eigenvalue weighted by molar-refractivity contribution is 7.88. The highest BCUT2D eigenvalue weighted by Gasteiger charge is 2.28. The monoisotopic (exact) mass is 381 g/mol. The Morgan fingerprint density at radius 2 is 1.96 bits per heavy atom. The largest absolute Gasteiger partial charge is 0.491 e. The summed E-state index contributed by atoms with van der Waals surface area (Å²) in [6.45, 7) is 0.816. The number of hydrogen-bond donors (Lipinski definition) is 1. The molecule has 2 heterocycles. The predicted octanol–water partition coefficient (Wildman–Crippen LogP) is 1.76. The van der Waals surface area contributed by atoms with E-state index in [9.17, 15) is 12.8 Å². The second-order valence-electron chi connectivity index (χ2n) is 6.11. The first-order valence-electron chi connectivity index (χ1n) is 8.20. The molecule has 0 aliphatic carbocycles. The topological polar surface area (TPSA) is 90.4 Å². The minimum absolute atomic E-state index is 0.236. The predicted molar refractivity (Wildman–Crippen MR) is 93.7 cm³/mol. The maximum absolute atomic E-state index is 12.9. The first-order chi connectivity index (χ1) is 12.4. The average Bonchev–Trinajstić information content (AvgIpc) is 2.61. The van der Waals surface area contributed by atoms with Gasteiger partial charge in [-0.25, -0.2) is 27.5 Å². The lowest BCUT2D eigenvalue weighted by molar-refractivity contribution is -0.0278. The molecule has 1 aliphatic rings. The lowest BCUT2D eigenvalue weighted by Gasteiger charge is -2.31. The first kappa shape index (κ1) is 18.7. The van der Waals surface area contributed by atoms with Crippen molar-refractivity contribution >= 4 is 10.0 Å². The highest BCUT2D eigenvalue weighted by atomic mass is 32.2. The number of nitrogens with zero attached hydrogens (tertiary/aromatic N) is 2. The van der Waals surface area contributed by atoms with Crippen LogP contribution in [0.15, 0.2) is 36.7 Å². The Balaban J connectivity index is 1.61. The summed E-state index contributed by atoms with van der Waals surface area (Å²) in [5.41, 5.74) is 0.739. The second kappa shape index (κ2) is 8.07. The number of benzene rings is 1. The number of aromatic nitrogens is 2. The normalized spacial score (nSPS) is 20.7. The Morgan fingerprint density at radius 3 is 2.62 bits per heavy atom. The Labute approximate surface area is 151 Å². The van der Waals surface area contributed by atoms with Gasteiger partial charge in [-0.05, 0) is 37.1 Å². The zero-order chi connectivity index (χ0) is 18.6. The van der Waals surface area contributed by atoms with E-state index in [-0.39, 0.29) is 18.8 Å². The van der Waals surface area contributed by atoms with Crippen LogP contribution in [-0.4, -0.2) is 50.0 Å². The molecule has 7 nitrogen and oxygen atoms in total. The van der Waals surface area contributed by atoms with Gasteiger partial charge in [-0.3, -0.25) is 0 Å². The third-order valence-electron chi connectivity index (χ3n) is 3.95. The van der Waals surface area contributed by atoms with E-state index in [4.69, 9.17) is 9.47 Å². The van der Waals surface area contributed by atoms with Gasteiger partial charge in [-0.1, -0.05) is 0 Å². The summed E-state index contributed by atoms with van der Waals surface area (Å²) in [4.78, 5) is 7.86. The fraction of sp³-hybridized carbons (Fsp3) is 0.412. The first-order valence-corrected chi connectivity index (χ1v) is 10.1. The van der Waals surface area contributed by atoms with Gasteiger partial charge in [0.25, 0.3) is 0 Å². The lowest BCUT2D eigenvalue weighted by Crippen LogP contribution is -2.49. The molecule has 1 fully saturated rings. The van der Waals surface area contributed by atoms with Crippen LogP contribution in [-0.2, 0) is 14.8 Å². The van der Waals surface area contributed by atoms with Crippen LogP contribution in [0, 0.1) is 5.82 Å². The molecule has 2 aromatic rings. The summed E-state index contributed by atoms with van der Waals surface area (Å²) in [5, 5.41) is 0. The van der Waals surface area contributed by atoms with Crippen molar-refractivity contribution in [2.24, 2.45) is 0 Å². The molecule has 1 N–H and O–H groups in total. The van der Waals surface area contributed by atoms with Crippen molar-refractivity contribution in [3.63, 3.8) is 0 Å². The fourth-order valence-electron chi connectivity index (χ4n) is 2.75. The van der Waals surface area contributed by atoms with E-state index >= 15 is 0 Å². The number of sulfonamides is 1. The van der Waals surface area contributed by atoms with Crippen LogP contribution in [0.25, 0.3) is 11.4 Å². The Bertz CT molecular complexity index is 828. The SMILES string of the molecule is CS(=O)(=O)N[C@H]1CCCO[C@@H]1COc1ccc(-c2ncc(F)cn2)cc1. The van der Waals surface area contributed by atoms with Crippen LogP contribution in [0.3, 0.4) is 0 Å². The summed E-state index contributed by atoms with van der Waals surface area (Å²) in [7, 11) is -3.31. The molecule has 0 saturated carbocycles. The molecule has 1 aliphatic heterocycles. The molecular weight excluding hydrogens is 361 g/mol. The van der Waals surface area contributed by atoms with E-state index in [0.717, 1.165) is 30.6 Å². The molecule has 1 aromatic heterocycles. The van der Waals surface area contributed by atoms with Gasteiger partial charge in [-0.2, -0.15) is 0 Å². The molecule has 9 heteroatoms. The standard InChI is InChI=1S/C17H20FN3O4S/c1-26(22,23)21-15-3-2-8-24-16(15)11-25-14-6-4-12(5-7-14)17-19-9-13(18)10-20-17/h4-7,9-10,15-16,21H,2-3,8,11H2,1H3/t15-,16+/m0/s1. The van der Waals surface area contributed by atoms with Gasteiger partial charge in [0.2, 0.25) is 10.0 Å². The van der Waals surface area contributed by atoms with Crippen LogP contribution >= 0.6 is 0 Å². The van der Waals surface area contributed by atoms with Crippen molar-refractivity contribution < 1.29 is 22.3 Å². The van der Waals surface area contributed by atoms with Crippen molar-refractivity contribution in [2.45, 2.75) is 25.0 Å². The Morgan fingerprint density at radius 1 is 1.27 bits per heavy atom. The fourth-order valence-corrected chi connectivity index (χ4v) is 3.57. The highest BCUT2D eigenvalue weighted by Crippen LogP contribution is 2.21. The van der Waals surface area contributed by atoms with Gasteiger partial charge in [0, 0.05) is 12.2 Å². The van der Waals surface area contributed by atoms with E-state index in [0.29, 0.717) is 24.6 Å². The zero-order valence-electron chi connectivity index (χ0n) is 14.3. The summed E-state index contributed by atoms with van der Waals surface area (Å²) >= 11 is 0. The van der Waals surface area contributed by atoms with E-state index in [1.165, 1.54) is 0 Å². The summed E-state index contributed by atoms with van der Waals surface area (Å²) in [6.07, 6.45) is 4.52. The van der Waals surface area contributed by atoms with Crippen LogP contribution in [0.1, 0.15) is 12.8 Å². The molecule has 1 saturated heterocycles. The van der Waals surface area contributed by atoms with Gasteiger partial charge < -0.3 is 9.47 Å². The van der Waals surface area contributed by atoms with Gasteiger partial charge in [-0.15, -0.1) is 0 Å². The summed E-state index contributed by atoms with van der Waals surface area (Å²) in [6, 6.07) is 6.76. The third-order valence-corrected chi connectivity index (χ3v) is 4.68. The number of halogens is 1. The van der Waals surface area contributed by atoms with Crippen molar-refractivity contribution in [2.75, 3.05) is 19.5 Å². The van der Waals surface area contributed by atoms with Gasteiger partial charge in [0.1, 0.15) is 18.5 Å². The van der Waals surface area contributed by atoms with E-state index < -0.39 is 15.8 Å². The van der Waals surface area contributed by atoms with E-state index in [1.54, 1.807) is 24.3 Å². The van der Waals surface area contributed by atoms with Crippen LogP contribution in [0.5, 0.6) is 5.75 Å². The quantitative estimate of drug-likeness (QED) is 0.820. The maximum atomic E-state index is 12.9. The minimum Gasteiger partial charge on any atom is -0.491 e. The molecule has 0 radical (unpaired) electrons. The van der Waals surface area contributed by atoms with E-state index in [2.05, 4.69) is 14.7 Å². The van der Waals surface area contributed by atoms with Crippen LogP contribution in [0.4, 0.5) is 4.39 Å². The van der Waals surface area contributed by atoms with Crippen LogP contribution in [0.2, 0.25) is 0 Å². The molecule has 140 valence electrons. The van der Waals surface area contributed by atoms with Crippen molar-refractivity contribution in [1.29, 1.82) is 0 Å². The smallest absolute Gasteiger partial charge is 0.209 e. The minimum atomic E-state index is -3.31. The van der Waals surface area contributed by atoms with Crippen molar-refractivity contribution in [3.8, 4) is 17.1 Å². The summed E-state index contributed by atoms with van der Waals surface area (Å²) in [5.74, 6) is 0.549. The number of ether oxygens (including phenoxy) is 2. The molecule has 1 aromatic carbocycles. The van der Waals surface area contributed by atoms with Crippen molar-refractivity contribution in [3.05, 3.63) is 42.5 Å². The van der Waals surface area contributed by atoms with Gasteiger partial charge in [0.05, 0.1) is 24.7 Å². The Hall–Kier alpha value is -2.10. The lowest BCUT2D eigenvalue weighted by atomic mass is 10.0. The Kier molecular flexibility index (Phi) is 5.80. The van der Waals surface area contributed by atoms with Crippen LogP contribution < -0.4 is 9.46 Å². The molecular formula is C17H20FN3O4S. The molecule has 0 bridgehead atoms. The molecule has 2 atom stereocenters.